The summed E-state index contributed by atoms with van der Waals surface area (Å²) >= 11 is 0. The minimum atomic E-state index is -0.308. The molecule has 0 aliphatic carbocycles. The van der Waals surface area contributed by atoms with Gasteiger partial charge in [0.25, 0.3) is 5.91 Å². The second-order valence-electron chi connectivity index (χ2n) is 5.29. The van der Waals surface area contributed by atoms with Gasteiger partial charge in [0.05, 0.1) is 11.4 Å². The molecule has 6 nitrogen and oxygen atoms in total. The van der Waals surface area contributed by atoms with Gasteiger partial charge in [-0.2, -0.15) is 0 Å². The highest BCUT2D eigenvalue weighted by atomic mass is 16.5. The van der Waals surface area contributed by atoms with E-state index in [0.717, 1.165) is 5.56 Å². The molecule has 0 aromatic heterocycles. The Kier molecular flexibility index (Phi) is 6.33. The third-order valence-electron chi connectivity index (χ3n) is 3.21. The molecule has 0 atom stereocenters. The van der Waals surface area contributed by atoms with Crippen molar-refractivity contribution in [2.24, 2.45) is 5.73 Å². The van der Waals surface area contributed by atoms with Crippen LogP contribution in [-0.4, -0.2) is 25.0 Å². The number of para-hydroxylation sites is 1. The smallest absolute Gasteiger partial charge is 0.262 e. The molecule has 2 amide bonds. The molecule has 0 unspecified atom stereocenters. The lowest BCUT2D eigenvalue weighted by atomic mass is 10.2. The summed E-state index contributed by atoms with van der Waals surface area (Å²) in [6, 6.07) is 14.5. The van der Waals surface area contributed by atoms with E-state index in [1.807, 2.05) is 31.2 Å². The number of carbonyl (C=O) groups is 2. The Morgan fingerprint density at radius 2 is 1.71 bits per heavy atom. The number of anilines is 2. The van der Waals surface area contributed by atoms with E-state index in [1.54, 1.807) is 24.3 Å². The van der Waals surface area contributed by atoms with E-state index in [2.05, 4.69) is 10.6 Å². The quantitative estimate of drug-likeness (QED) is 0.727. The van der Waals surface area contributed by atoms with Crippen molar-refractivity contribution in [2.75, 3.05) is 23.8 Å². The van der Waals surface area contributed by atoms with Gasteiger partial charge in [-0.15, -0.1) is 0 Å². The van der Waals surface area contributed by atoms with Crippen molar-refractivity contribution in [3.05, 3.63) is 54.1 Å². The summed E-state index contributed by atoms with van der Waals surface area (Å²) in [4.78, 5) is 23.8. The van der Waals surface area contributed by atoms with Crippen LogP contribution in [0.2, 0.25) is 0 Å². The molecule has 0 radical (unpaired) electrons. The van der Waals surface area contributed by atoms with E-state index in [0.29, 0.717) is 17.1 Å². The van der Waals surface area contributed by atoms with Crippen LogP contribution in [0.25, 0.3) is 0 Å². The molecular weight excluding hydrogens is 306 g/mol. The first-order valence-corrected chi connectivity index (χ1v) is 7.67. The van der Waals surface area contributed by atoms with Gasteiger partial charge in [0.1, 0.15) is 5.75 Å². The molecule has 0 saturated heterocycles. The Bertz CT molecular complexity index is 702. The summed E-state index contributed by atoms with van der Waals surface area (Å²) in [5.74, 6) is 0.115. The van der Waals surface area contributed by atoms with Gasteiger partial charge >= 0.3 is 0 Å². The Morgan fingerprint density at radius 3 is 2.42 bits per heavy atom. The van der Waals surface area contributed by atoms with Gasteiger partial charge in [0.2, 0.25) is 5.91 Å². The van der Waals surface area contributed by atoms with Crippen molar-refractivity contribution in [2.45, 2.75) is 13.3 Å². The number of benzene rings is 2. The highest BCUT2D eigenvalue weighted by Crippen LogP contribution is 2.23. The molecule has 2 aromatic rings. The number of rotatable bonds is 7. The minimum Gasteiger partial charge on any atom is -0.484 e. The van der Waals surface area contributed by atoms with Crippen LogP contribution >= 0.6 is 0 Å². The lowest BCUT2D eigenvalue weighted by Crippen LogP contribution is -2.22. The third-order valence-corrected chi connectivity index (χ3v) is 3.21. The Labute approximate surface area is 141 Å². The fraction of sp³-hybridized carbons (Fsp3) is 0.222. The van der Waals surface area contributed by atoms with Crippen LogP contribution in [0, 0.1) is 6.92 Å². The molecular formula is C18H21N3O3. The van der Waals surface area contributed by atoms with E-state index in [-0.39, 0.29) is 31.4 Å². The number of ether oxygens (including phenoxy) is 1. The molecule has 24 heavy (non-hydrogen) atoms. The average Bonchev–Trinajstić information content (AvgIpc) is 2.56. The molecule has 4 N–H and O–H groups in total. The van der Waals surface area contributed by atoms with Gasteiger partial charge in [0, 0.05) is 13.0 Å². The van der Waals surface area contributed by atoms with Crippen LogP contribution in [0.1, 0.15) is 12.0 Å². The summed E-state index contributed by atoms with van der Waals surface area (Å²) in [5.41, 5.74) is 7.41. The van der Waals surface area contributed by atoms with Crippen molar-refractivity contribution >= 4 is 23.2 Å². The zero-order chi connectivity index (χ0) is 17.4. The second kappa shape index (κ2) is 8.69. The van der Waals surface area contributed by atoms with Crippen molar-refractivity contribution < 1.29 is 14.3 Å². The number of hydrogen-bond donors (Lipinski definition) is 3. The number of hydrogen-bond acceptors (Lipinski definition) is 4. The van der Waals surface area contributed by atoms with Crippen LogP contribution in [-0.2, 0) is 9.59 Å². The molecule has 2 rings (SSSR count). The Balaban J connectivity index is 2.00. The maximum absolute atomic E-state index is 12.1. The van der Waals surface area contributed by atoms with Crippen LogP contribution in [0.3, 0.4) is 0 Å². The Morgan fingerprint density at radius 1 is 1.00 bits per heavy atom. The van der Waals surface area contributed by atoms with Gasteiger partial charge in [-0.3, -0.25) is 9.59 Å². The van der Waals surface area contributed by atoms with Crippen molar-refractivity contribution in [1.29, 1.82) is 0 Å². The van der Waals surface area contributed by atoms with Gasteiger partial charge < -0.3 is 21.1 Å². The molecule has 126 valence electrons. The maximum atomic E-state index is 12.1. The van der Waals surface area contributed by atoms with Crippen molar-refractivity contribution in [3.63, 3.8) is 0 Å². The summed E-state index contributed by atoms with van der Waals surface area (Å²) in [6.07, 6.45) is 0.221. The number of nitrogens with one attached hydrogen (secondary N) is 2. The van der Waals surface area contributed by atoms with E-state index in [9.17, 15) is 9.59 Å². The van der Waals surface area contributed by atoms with Gasteiger partial charge in [-0.05, 0) is 36.8 Å². The normalized spacial score (nSPS) is 10.1. The SMILES string of the molecule is Cc1ccc(NC(=O)COc2ccccc2)c(NC(=O)CCN)c1. The topological polar surface area (TPSA) is 93.5 Å². The van der Waals surface area contributed by atoms with E-state index in [4.69, 9.17) is 10.5 Å². The molecule has 0 aliphatic heterocycles. The Hall–Kier alpha value is -2.86. The fourth-order valence-corrected chi connectivity index (χ4v) is 2.07. The predicted molar refractivity (Wildman–Crippen MR) is 94.0 cm³/mol. The third kappa shape index (κ3) is 5.40. The fourth-order valence-electron chi connectivity index (χ4n) is 2.07. The second-order valence-corrected chi connectivity index (χ2v) is 5.29. The molecule has 0 saturated carbocycles. The molecule has 0 bridgehead atoms. The van der Waals surface area contributed by atoms with Crippen molar-refractivity contribution in [3.8, 4) is 5.75 Å². The van der Waals surface area contributed by atoms with E-state index < -0.39 is 0 Å². The maximum Gasteiger partial charge on any atom is 0.262 e. The first kappa shape index (κ1) is 17.5. The van der Waals surface area contributed by atoms with E-state index in [1.165, 1.54) is 0 Å². The zero-order valence-electron chi connectivity index (χ0n) is 13.5. The largest absolute Gasteiger partial charge is 0.484 e. The number of carbonyl (C=O) groups excluding carboxylic acids is 2. The molecule has 2 aromatic carbocycles. The molecule has 0 heterocycles. The summed E-state index contributed by atoms with van der Waals surface area (Å²) in [5, 5.41) is 5.50. The van der Waals surface area contributed by atoms with Gasteiger partial charge in [-0.1, -0.05) is 24.3 Å². The number of nitrogens with two attached hydrogens (primary N) is 1. The predicted octanol–water partition coefficient (Wildman–Crippen LogP) is 2.30. The lowest BCUT2D eigenvalue weighted by Gasteiger charge is -2.13. The number of amides is 2. The molecule has 0 aliphatic rings. The monoisotopic (exact) mass is 327 g/mol. The standard InChI is InChI=1S/C18H21N3O3/c1-13-7-8-15(16(11-13)21-17(22)9-10-19)20-18(23)12-24-14-5-3-2-4-6-14/h2-8,11H,9-10,12,19H2,1H3,(H,20,23)(H,21,22). The first-order valence-electron chi connectivity index (χ1n) is 7.67. The summed E-state index contributed by atoms with van der Waals surface area (Å²) < 4.78 is 5.41. The highest BCUT2D eigenvalue weighted by molar-refractivity contribution is 6.00. The number of aryl methyl sites for hydroxylation is 1. The summed E-state index contributed by atoms with van der Waals surface area (Å²) in [7, 11) is 0. The van der Waals surface area contributed by atoms with Crippen LogP contribution in [0.15, 0.2) is 48.5 Å². The lowest BCUT2D eigenvalue weighted by molar-refractivity contribution is -0.118. The van der Waals surface area contributed by atoms with Gasteiger partial charge in [0.15, 0.2) is 6.61 Å². The zero-order valence-corrected chi connectivity index (χ0v) is 13.5. The van der Waals surface area contributed by atoms with Crippen LogP contribution in [0.5, 0.6) is 5.75 Å². The molecule has 0 fully saturated rings. The van der Waals surface area contributed by atoms with Gasteiger partial charge in [-0.25, -0.2) is 0 Å². The van der Waals surface area contributed by atoms with E-state index >= 15 is 0 Å². The highest BCUT2D eigenvalue weighted by Gasteiger charge is 2.10. The van der Waals surface area contributed by atoms with Crippen LogP contribution < -0.4 is 21.1 Å². The van der Waals surface area contributed by atoms with Crippen LogP contribution in [0.4, 0.5) is 11.4 Å². The molecule has 0 spiro atoms. The first-order chi connectivity index (χ1) is 11.6. The molecule has 6 heteroatoms. The minimum absolute atomic E-state index is 0.117. The summed E-state index contributed by atoms with van der Waals surface area (Å²) in [6.45, 7) is 2.06. The average molecular weight is 327 g/mol. The van der Waals surface area contributed by atoms with Crippen molar-refractivity contribution in [1.82, 2.24) is 0 Å².